The SMILES string of the molecule is NCC(O)(O)C(O)c1cccc(NC(=O)C2CCCCC2)c1. The fourth-order valence-corrected chi connectivity index (χ4v) is 2.77. The number of benzene rings is 1. The normalized spacial score (nSPS) is 18.0. The van der Waals surface area contributed by atoms with Gasteiger partial charge in [-0.05, 0) is 30.5 Å². The van der Waals surface area contributed by atoms with Crippen LogP contribution in [0.15, 0.2) is 24.3 Å². The molecule has 1 aromatic carbocycles. The van der Waals surface area contributed by atoms with Gasteiger partial charge < -0.3 is 26.4 Å². The minimum absolute atomic E-state index is 0.0237. The number of hydrogen-bond donors (Lipinski definition) is 5. The number of aliphatic hydroxyl groups is 3. The highest BCUT2D eigenvalue weighted by atomic mass is 16.5. The summed E-state index contributed by atoms with van der Waals surface area (Å²) in [5, 5.41) is 32.0. The van der Waals surface area contributed by atoms with Crippen molar-refractivity contribution in [1.82, 2.24) is 0 Å². The number of aliphatic hydroxyl groups excluding tert-OH is 1. The molecule has 0 bridgehead atoms. The van der Waals surface area contributed by atoms with Gasteiger partial charge in [0.25, 0.3) is 0 Å². The van der Waals surface area contributed by atoms with E-state index in [0.29, 0.717) is 5.69 Å². The Hall–Kier alpha value is -1.47. The molecule has 122 valence electrons. The zero-order valence-electron chi connectivity index (χ0n) is 12.5. The quantitative estimate of drug-likeness (QED) is 0.518. The molecule has 0 aliphatic heterocycles. The predicted molar refractivity (Wildman–Crippen MR) is 82.8 cm³/mol. The maximum absolute atomic E-state index is 12.2. The van der Waals surface area contributed by atoms with Crippen molar-refractivity contribution >= 4 is 11.6 Å². The molecule has 1 aliphatic rings. The van der Waals surface area contributed by atoms with Crippen LogP contribution in [0.3, 0.4) is 0 Å². The number of amides is 1. The summed E-state index contributed by atoms with van der Waals surface area (Å²) in [5.74, 6) is -2.39. The summed E-state index contributed by atoms with van der Waals surface area (Å²) in [6, 6.07) is 6.43. The van der Waals surface area contributed by atoms with Gasteiger partial charge in [-0.3, -0.25) is 4.79 Å². The summed E-state index contributed by atoms with van der Waals surface area (Å²) in [4.78, 5) is 12.2. The van der Waals surface area contributed by atoms with Crippen LogP contribution in [-0.2, 0) is 4.79 Å². The number of hydrogen-bond acceptors (Lipinski definition) is 5. The van der Waals surface area contributed by atoms with Crippen LogP contribution in [0.25, 0.3) is 0 Å². The first-order chi connectivity index (χ1) is 10.4. The molecule has 2 rings (SSSR count). The molecule has 1 unspecified atom stereocenters. The van der Waals surface area contributed by atoms with Gasteiger partial charge in [0.1, 0.15) is 6.10 Å². The van der Waals surface area contributed by atoms with Crippen LogP contribution in [-0.4, -0.2) is 33.6 Å². The summed E-state index contributed by atoms with van der Waals surface area (Å²) in [7, 11) is 0. The summed E-state index contributed by atoms with van der Waals surface area (Å²) in [6.45, 7) is -0.493. The van der Waals surface area contributed by atoms with Gasteiger partial charge in [0.2, 0.25) is 11.7 Å². The molecule has 0 spiro atoms. The fraction of sp³-hybridized carbons (Fsp3) is 0.562. The van der Waals surface area contributed by atoms with Crippen molar-refractivity contribution in [3.05, 3.63) is 29.8 Å². The van der Waals surface area contributed by atoms with Crippen molar-refractivity contribution < 1.29 is 20.1 Å². The molecular formula is C16H24N2O4. The molecule has 22 heavy (non-hydrogen) atoms. The average Bonchev–Trinajstić information content (AvgIpc) is 2.55. The minimum atomic E-state index is -2.40. The molecule has 1 amide bonds. The second-order valence-electron chi connectivity index (χ2n) is 5.93. The second kappa shape index (κ2) is 7.19. The molecule has 1 atom stereocenters. The zero-order valence-corrected chi connectivity index (χ0v) is 12.5. The van der Waals surface area contributed by atoms with E-state index in [-0.39, 0.29) is 17.4 Å². The third-order valence-corrected chi connectivity index (χ3v) is 4.18. The van der Waals surface area contributed by atoms with Crippen molar-refractivity contribution in [2.24, 2.45) is 11.7 Å². The van der Waals surface area contributed by atoms with Crippen LogP contribution in [0.5, 0.6) is 0 Å². The summed E-state index contributed by atoms with van der Waals surface area (Å²) >= 11 is 0. The molecule has 0 saturated heterocycles. The number of carbonyl (C=O) groups excluding carboxylic acids is 1. The smallest absolute Gasteiger partial charge is 0.227 e. The predicted octanol–water partition coefficient (Wildman–Crippen LogP) is 0.878. The van der Waals surface area contributed by atoms with Gasteiger partial charge in [-0.1, -0.05) is 31.4 Å². The van der Waals surface area contributed by atoms with Gasteiger partial charge in [0.15, 0.2) is 0 Å². The molecular weight excluding hydrogens is 284 g/mol. The summed E-state index contributed by atoms with van der Waals surface area (Å²) in [5.41, 5.74) is 6.05. The first-order valence-corrected chi connectivity index (χ1v) is 7.68. The van der Waals surface area contributed by atoms with Crippen molar-refractivity contribution in [1.29, 1.82) is 0 Å². The van der Waals surface area contributed by atoms with Crippen molar-refractivity contribution in [2.45, 2.75) is 44.0 Å². The summed E-state index contributed by atoms with van der Waals surface area (Å²) < 4.78 is 0. The van der Waals surface area contributed by atoms with E-state index in [4.69, 9.17) is 5.73 Å². The lowest BCUT2D eigenvalue weighted by Gasteiger charge is -2.26. The van der Waals surface area contributed by atoms with Crippen molar-refractivity contribution in [3.63, 3.8) is 0 Å². The summed E-state index contributed by atoms with van der Waals surface area (Å²) in [6.07, 6.45) is 3.59. The van der Waals surface area contributed by atoms with E-state index in [2.05, 4.69) is 5.32 Å². The van der Waals surface area contributed by atoms with Gasteiger partial charge in [-0.2, -0.15) is 0 Å². The monoisotopic (exact) mass is 308 g/mol. The molecule has 0 aromatic heterocycles. The van der Waals surface area contributed by atoms with E-state index in [0.717, 1.165) is 25.7 Å². The molecule has 1 aromatic rings. The minimum Gasteiger partial charge on any atom is -0.383 e. The number of carbonyl (C=O) groups is 1. The van der Waals surface area contributed by atoms with Gasteiger partial charge >= 0.3 is 0 Å². The number of anilines is 1. The first-order valence-electron chi connectivity index (χ1n) is 7.68. The van der Waals surface area contributed by atoms with Gasteiger partial charge in [0.05, 0.1) is 0 Å². The zero-order chi connectivity index (χ0) is 16.2. The Morgan fingerprint density at radius 2 is 2.00 bits per heavy atom. The van der Waals surface area contributed by atoms with Gasteiger partial charge in [-0.15, -0.1) is 0 Å². The lowest BCUT2D eigenvalue weighted by atomic mass is 9.88. The molecule has 6 heteroatoms. The largest absolute Gasteiger partial charge is 0.383 e. The number of nitrogens with two attached hydrogens (primary N) is 1. The number of rotatable bonds is 5. The van der Waals surface area contributed by atoms with Crippen LogP contribution >= 0.6 is 0 Å². The Bertz CT molecular complexity index is 513. The Kier molecular flexibility index (Phi) is 5.52. The standard InChI is InChI=1S/C16H24N2O4/c17-10-16(21,22)14(19)12-7-4-8-13(9-12)18-15(20)11-5-2-1-3-6-11/h4,7-9,11,14,19,21-22H,1-3,5-6,10,17H2,(H,18,20). The Labute approximate surface area is 130 Å². The van der Waals surface area contributed by atoms with E-state index >= 15 is 0 Å². The van der Waals surface area contributed by atoms with Gasteiger partial charge in [-0.25, -0.2) is 0 Å². The van der Waals surface area contributed by atoms with E-state index < -0.39 is 18.4 Å². The van der Waals surface area contributed by atoms with Crippen LogP contribution in [0.1, 0.15) is 43.8 Å². The molecule has 1 aliphatic carbocycles. The third kappa shape index (κ3) is 4.04. The Balaban J connectivity index is 2.06. The molecule has 0 radical (unpaired) electrons. The van der Waals surface area contributed by atoms with Crippen LogP contribution in [0.4, 0.5) is 5.69 Å². The van der Waals surface area contributed by atoms with Crippen LogP contribution in [0, 0.1) is 5.92 Å². The van der Waals surface area contributed by atoms with Crippen molar-refractivity contribution in [2.75, 3.05) is 11.9 Å². The second-order valence-corrected chi connectivity index (χ2v) is 5.93. The van der Waals surface area contributed by atoms with E-state index in [1.165, 1.54) is 12.5 Å². The fourth-order valence-electron chi connectivity index (χ4n) is 2.77. The first kappa shape index (κ1) is 16.9. The molecule has 1 fully saturated rings. The van der Waals surface area contributed by atoms with Gasteiger partial charge in [0, 0.05) is 18.2 Å². The Morgan fingerprint density at radius 3 is 2.64 bits per heavy atom. The Morgan fingerprint density at radius 1 is 1.32 bits per heavy atom. The van der Waals surface area contributed by atoms with E-state index in [1.54, 1.807) is 18.2 Å². The highest BCUT2D eigenvalue weighted by Gasteiger charge is 2.33. The van der Waals surface area contributed by atoms with Crippen LogP contribution in [0.2, 0.25) is 0 Å². The molecule has 1 saturated carbocycles. The van der Waals surface area contributed by atoms with E-state index in [1.807, 2.05) is 0 Å². The highest BCUT2D eigenvalue weighted by molar-refractivity contribution is 5.92. The third-order valence-electron chi connectivity index (χ3n) is 4.18. The highest BCUT2D eigenvalue weighted by Crippen LogP contribution is 2.27. The van der Waals surface area contributed by atoms with E-state index in [9.17, 15) is 20.1 Å². The topological polar surface area (TPSA) is 116 Å². The number of nitrogens with one attached hydrogen (secondary N) is 1. The van der Waals surface area contributed by atoms with Crippen molar-refractivity contribution in [3.8, 4) is 0 Å². The molecule has 6 N–H and O–H groups in total. The lowest BCUT2D eigenvalue weighted by molar-refractivity contribution is -0.219. The average molecular weight is 308 g/mol. The molecule has 0 heterocycles. The van der Waals surface area contributed by atoms with Crippen LogP contribution < -0.4 is 11.1 Å². The maximum Gasteiger partial charge on any atom is 0.227 e. The molecule has 6 nitrogen and oxygen atoms in total. The maximum atomic E-state index is 12.2. The lowest BCUT2D eigenvalue weighted by Crippen LogP contribution is -2.43.